The molecule has 3 N–H and O–H groups in total. The monoisotopic (exact) mass is 604 g/mol. The highest BCUT2D eigenvalue weighted by molar-refractivity contribution is 5.98. The lowest BCUT2D eigenvalue weighted by molar-refractivity contribution is -0.122. The fourth-order valence-corrected chi connectivity index (χ4v) is 5.25. The highest BCUT2D eigenvalue weighted by Gasteiger charge is 2.25. The number of amides is 1. The quantitative estimate of drug-likeness (QED) is 0.188. The zero-order valence-electron chi connectivity index (χ0n) is 25.1. The number of rotatable bonds is 14. The van der Waals surface area contributed by atoms with Crippen LogP contribution in [0.1, 0.15) is 52.5 Å². The molecule has 0 fully saturated rings. The van der Waals surface area contributed by atoms with Crippen LogP contribution in [-0.2, 0) is 31.2 Å². The van der Waals surface area contributed by atoms with Crippen molar-refractivity contribution in [2.45, 2.75) is 58.2 Å². The molecule has 44 heavy (non-hydrogen) atoms. The Kier molecular flexibility index (Phi) is 11.0. The minimum absolute atomic E-state index is 0.00677. The number of aromatic nitrogens is 2. The van der Waals surface area contributed by atoms with Crippen molar-refractivity contribution in [1.29, 1.82) is 0 Å². The van der Waals surface area contributed by atoms with Gasteiger partial charge in [0.25, 0.3) is 5.56 Å². The van der Waals surface area contributed by atoms with Crippen LogP contribution >= 0.6 is 0 Å². The summed E-state index contributed by atoms with van der Waals surface area (Å²) in [4.78, 5) is 39.3. The lowest BCUT2D eigenvalue weighted by Crippen LogP contribution is -2.48. The van der Waals surface area contributed by atoms with Gasteiger partial charge >= 0.3 is 0 Å². The van der Waals surface area contributed by atoms with Crippen LogP contribution in [0.5, 0.6) is 0 Å². The van der Waals surface area contributed by atoms with Crippen LogP contribution in [0.2, 0.25) is 0 Å². The summed E-state index contributed by atoms with van der Waals surface area (Å²) >= 11 is 0. The molecular formula is C34H38F2N4O4. The van der Waals surface area contributed by atoms with Crippen LogP contribution in [0.3, 0.4) is 0 Å². The number of aliphatic hydroxyl groups is 1. The first kappa shape index (κ1) is 32.5. The first-order chi connectivity index (χ1) is 21.1. The maximum absolute atomic E-state index is 13.9. The number of nitrogens with one attached hydrogen (secondary N) is 2. The molecule has 0 aliphatic rings. The average Bonchev–Trinajstić information content (AvgIpc) is 3.22. The molecule has 10 heteroatoms. The van der Waals surface area contributed by atoms with E-state index in [1.54, 1.807) is 42.9 Å². The van der Waals surface area contributed by atoms with Crippen molar-refractivity contribution >= 4 is 11.7 Å². The fraction of sp³-hybridized carbons (Fsp3) is 0.324. The van der Waals surface area contributed by atoms with Crippen LogP contribution in [0, 0.1) is 18.6 Å². The standard InChI is InChI=1S/C34H38F2N4O4/c1-4-23-9-8-10-24(15-23)20-37-21-31(42)29(18-25-16-26(35)19-27(36)17-25)38-32(43)14-13-30(41)33-22(2)39(3)40(34(33)44)28-11-6-5-7-12-28/h5-12,15-17,19,29,31,37,42H,4,13-14,18,20-21H2,1-3H3,(H,38,43)/t29-,31+/m1/s1. The van der Waals surface area contributed by atoms with Crippen LogP contribution in [0.15, 0.2) is 77.6 Å². The summed E-state index contributed by atoms with van der Waals surface area (Å²) in [6.45, 7) is 4.31. The zero-order valence-corrected chi connectivity index (χ0v) is 25.1. The number of ketones is 1. The number of Topliss-reactive ketones (excluding diaryl/α,β-unsaturated/α-hetero) is 1. The molecule has 1 amide bonds. The number of aliphatic hydroxyl groups excluding tert-OH is 1. The molecule has 0 spiro atoms. The first-order valence-electron chi connectivity index (χ1n) is 14.7. The third-order valence-corrected chi connectivity index (χ3v) is 7.68. The molecule has 0 saturated carbocycles. The van der Waals surface area contributed by atoms with Gasteiger partial charge in [-0.15, -0.1) is 0 Å². The topological polar surface area (TPSA) is 105 Å². The van der Waals surface area contributed by atoms with Gasteiger partial charge in [-0.3, -0.25) is 19.1 Å². The van der Waals surface area contributed by atoms with E-state index in [1.165, 1.54) is 10.2 Å². The number of halogens is 2. The van der Waals surface area contributed by atoms with Crippen LogP contribution in [0.4, 0.5) is 8.78 Å². The van der Waals surface area contributed by atoms with Crippen molar-refractivity contribution in [2.75, 3.05) is 6.54 Å². The maximum atomic E-state index is 13.9. The Morgan fingerprint density at radius 2 is 1.59 bits per heavy atom. The number of carbonyl (C=O) groups excluding carboxylic acids is 2. The lowest BCUT2D eigenvalue weighted by atomic mass is 10.00. The second-order valence-corrected chi connectivity index (χ2v) is 10.9. The molecule has 1 aromatic heterocycles. The van der Waals surface area contributed by atoms with Crippen molar-refractivity contribution in [3.05, 3.63) is 123 Å². The third kappa shape index (κ3) is 8.15. The summed E-state index contributed by atoms with van der Waals surface area (Å²) in [6, 6.07) is 19.1. The van der Waals surface area contributed by atoms with Gasteiger partial charge in [0.15, 0.2) is 5.78 Å². The predicted molar refractivity (Wildman–Crippen MR) is 165 cm³/mol. The summed E-state index contributed by atoms with van der Waals surface area (Å²) < 4.78 is 30.8. The molecule has 0 aliphatic heterocycles. The summed E-state index contributed by atoms with van der Waals surface area (Å²) in [5.74, 6) is -2.54. The molecule has 0 bridgehead atoms. The maximum Gasteiger partial charge on any atom is 0.282 e. The predicted octanol–water partition coefficient (Wildman–Crippen LogP) is 4.17. The second-order valence-electron chi connectivity index (χ2n) is 10.9. The van der Waals surface area contributed by atoms with E-state index in [4.69, 9.17) is 0 Å². The zero-order chi connectivity index (χ0) is 31.8. The molecule has 3 aromatic carbocycles. The van der Waals surface area contributed by atoms with Gasteiger partial charge in [0.05, 0.1) is 17.8 Å². The minimum Gasteiger partial charge on any atom is -0.390 e. The Balaban J connectivity index is 1.43. The Morgan fingerprint density at radius 3 is 2.27 bits per heavy atom. The van der Waals surface area contributed by atoms with Crippen molar-refractivity contribution < 1.29 is 23.5 Å². The second kappa shape index (κ2) is 14.9. The van der Waals surface area contributed by atoms with Crippen LogP contribution in [0.25, 0.3) is 5.69 Å². The van der Waals surface area contributed by atoms with E-state index >= 15 is 0 Å². The van der Waals surface area contributed by atoms with E-state index in [2.05, 4.69) is 23.6 Å². The van der Waals surface area contributed by atoms with Crippen molar-refractivity contribution in [3.63, 3.8) is 0 Å². The molecule has 4 rings (SSSR count). The van der Waals surface area contributed by atoms with Crippen molar-refractivity contribution in [1.82, 2.24) is 20.0 Å². The average molecular weight is 605 g/mol. The lowest BCUT2D eigenvalue weighted by Gasteiger charge is -2.25. The number of hydrogen-bond donors (Lipinski definition) is 3. The minimum atomic E-state index is -1.11. The molecule has 4 aromatic rings. The molecular weight excluding hydrogens is 566 g/mol. The van der Waals surface area contributed by atoms with Gasteiger partial charge in [-0.1, -0.05) is 49.4 Å². The smallest absolute Gasteiger partial charge is 0.282 e. The molecule has 0 saturated heterocycles. The van der Waals surface area contributed by atoms with Gasteiger partial charge in [-0.05, 0) is 60.7 Å². The van der Waals surface area contributed by atoms with Gasteiger partial charge < -0.3 is 15.7 Å². The van der Waals surface area contributed by atoms with E-state index in [9.17, 15) is 28.3 Å². The van der Waals surface area contributed by atoms with E-state index in [1.807, 2.05) is 24.3 Å². The van der Waals surface area contributed by atoms with Crippen LogP contribution < -0.4 is 16.2 Å². The Labute approximate surface area is 255 Å². The SMILES string of the molecule is CCc1cccc(CNC[C@H](O)[C@@H](Cc2cc(F)cc(F)c2)NC(=O)CCC(=O)c2c(C)n(C)n(-c3ccccc3)c2=O)c1. The van der Waals surface area contributed by atoms with Crippen molar-refractivity contribution in [2.24, 2.45) is 7.05 Å². The Bertz CT molecular complexity index is 1650. The number of hydrogen-bond acceptors (Lipinski definition) is 5. The van der Waals surface area contributed by atoms with Gasteiger partial charge in [-0.25, -0.2) is 13.5 Å². The first-order valence-corrected chi connectivity index (χ1v) is 14.7. The molecule has 0 aliphatic carbocycles. The summed E-state index contributed by atoms with van der Waals surface area (Å²) in [5, 5.41) is 16.9. The highest BCUT2D eigenvalue weighted by atomic mass is 19.1. The summed E-state index contributed by atoms with van der Waals surface area (Å²) in [5.41, 5.74) is 3.09. The Hall–Kier alpha value is -4.41. The van der Waals surface area contributed by atoms with Crippen molar-refractivity contribution in [3.8, 4) is 5.69 Å². The number of aryl methyl sites for hydroxylation is 1. The summed E-state index contributed by atoms with van der Waals surface area (Å²) in [7, 11) is 1.68. The molecule has 0 radical (unpaired) electrons. The van der Waals surface area contributed by atoms with Gasteiger partial charge in [-0.2, -0.15) is 0 Å². The number of para-hydroxylation sites is 1. The van der Waals surface area contributed by atoms with E-state index < -0.39 is 41.0 Å². The summed E-state index contributed by atoms with van der Waals surface area (Å²) in [6.07, 6.45) is -0.725. The number of nitrogens with zero attached hydrogens (tertiary/aromatic N) is 2. The highest BCUT2D eigenvalue weighted by Crippen LogP contribution is 2.15. The Morgan fingerprint density at radius 1 is 0.909 bits per heavy atom. The van der Waals surface area contributed by atoms with Gasteiger partial charge in [0.2, 0.25) is 5.91 Å². The molecule has 8 nitrogen and oxygen atoms in total. The van der Waals surface area contributed by atoms with Crippen LogP contribution in [-0.4, -0.2) is 44.9 Å². The molecule has 0 unspecified atom stereocenters. The normalized spacial score (nSPS) is 12.6. The van der Waals surface area contributed by atoms with E-state index in [-0.39, 0.29) is 36.9 Å². The molecule has 2 atom stereocenters. The number of carbonyl (C=O) groups is 2. The third-order valence-electron chi connectivity index (χ3n) is 7.68. The van der Waals surface area contributed by atoms with Gasteiger partial charge in [0.1, 0.15) is 17.2 Å². The molecule has 1 heterocycles. The van der Waals surface area contributed by atoms with E-state index in [0.717, 1.165) is 30.2 Å². The fourth-order valence-electron chi connectivity index (χ4n) is 5.25. The van der Waals surface area contributed by atoms with Gasteiger partial charge in [0, 0.05) is 44.7 Å². The number of benzene rings is 3. The largest absolute Gasteiger partial charge is 0.390 e. The molecule has 232 valence electrons. The van der Waals surface area contributed by atoms with E-state index in [0.29, 0.717) is 17.9 Å².